The Kier molecular flexibility index (Phi) is 4.89. The molecule has 0 heterocycles. The van der Waals surface area contributed by atoms with Crippen molar-refractivity contribution < 1.29 is 14.7 Å². The van der Waals surface area contributed by atoms with E-state index in [0.717, 1.165) is 6.42 Å². The second-order valence-corrected chi connectivity index (χ2v) is 4.05. The zero-order chi connectivity index (χ0) is 14.4. The van der Waals surface area contributed by atoms with E-state index in [1.165, 1.54) is 6.07 Å². The minimum Gasteiger partial charge on any atom is -0.474 e. The van der Waals surface area contributed by atoms with Crippen LogP contribution in [-0.4, -0.2) is 23.0 Å². The minimum absolute atomic E-state index is 0.164. The van der Waals surface area contributed by atoms with Crippen LogP contribution in [0.15, 0.2) is 18.2 Å². The molecule has 0 aromatic heterocycles. The normalized spacial score (nSPS) is 11.2. The fourth-order valence-electron chi connectivity index (χ4n) is 1.44. The highest BCUT2D eigenvalue weighted by atomic mass is 16.4. The first-order valence-electron chi connectivity index (χ1n) is 5.83. The molecular formula is C13H15N3O3. The SMILES string of the molecule is CCC(C)Nc1cccc(NC(=O)C(=O)O)c1C#N. The zero-order valence-electron chi connectivity index (χ0n) is 10.7. The van der Waals surface area contributed by atoms with Gasteiger partial charge in [0.15, 0.2) is 0 Å². The molecule has 0 aliphatic rings. The molecule has 0 saturated carbocycles. The van der Waals surface area contributed by atoms with Gasteiger partial charge in [0.05, 0.1) is 16.9 Å². The number of benzene rings is 1. The largest absolute Gasteiger partial charge is 0.474 e. The maximum absolute atomic E-state index is 11.1. The lowest BCUT2D eigenvalue weighted by molar-refractivity contribution is -0.147. The third-order valence-electron chi connectivity index (χ3n) is 2.63. The predicted molar refractivity (Wildman–Crippen MR) is 70.8 cm³/mol. The summed E-state index contributed by atoms with van der Waals surface area (Å²) in [5, 5.41) is 23.0. The number of nitrogens with one attached hydrogen (secondary N) is 2. The summed E-state index contributed by atoms with van der Waals surface area (Å²) >= 11 is 0. The molecule has 1 rings (SSSR count). The topological polar surface area (TPSA) is 102 Å². The first kappa shape index (κ1) is 14.5. The standard InChI is InChI=1S/C13H15N3O3/c1-3-8(2)15-10-5-4-6-11(9(10)7-14)16-12(17)13(18)19/h4-6,8,15H,3H2,1-2H3,(H,16,17)(H,18,19). The van der Waals surface area contributed by atoms with Crippen molar-refractivity contribution in [2.75, 3.05) is 10.6 Å². The fraction of sp³-hybridized carbons (Fsp3) is 0.308. The molecule has 0 fully saturated rings. The lowest BCUT2D eigenvalue weighted by Gasteiger charge is -2.16. The van der Waals surface area contributed by atoms with Crippen LogP contribution in [0, 0.1) is 11.3 Å². The van der Waals surface area contributed by atoms with Crippen LogP contribution in [0.2, 0.25) is 0 Å². The first-order chi connectivity index (χ1) is 8.99. The number of nitrogens with zero attached hydrogens (tertiary/aromatic N) is 1. The third-order valence-corrected chi connectivity index (χ3v) is 2.63. The van der Waals surface area contributed by atoms with Crippen molar-refractivity contribution in [3.8, 4) is 6.07 Å². The van der Waals surface area contributed by atoms with E-state index in [-0.39, 0.29) is 17.3 Å². The van der Waals surface area contributed by atoms with Gasteiger partial charge in [0.25, 0.3) is 0 Å². The Morgan fingerprint density at radius 3 is 2.58 bits per heavy atom. The molecule has 1 aromatic rings. The third kappa shape index (κ3) is 3.71. The summed E-state index contributed by atoms with van der Waals surface area (Å²) in [6.45, 7) is 3.96. The van der Waals surface area contributed by atoms with E-state index in [4.69, 9.17) is 10.4 Å². The summed E-state index contributed by atoms with van der Waals surface area (Å²) in [7, 11) is 0. The molecule has 3 N–H and O–H groups in total. The highest BCUT2D eigenvalue weighted by Gasteiger charge is 2.15. The van der Waals surface area contributed by atoms with Crippen LogP contribution in [0.4, 0.5) is 11.4 Å². The quantitative estimate of drug-likeness (QED) is 0.717. The predicted octanol–water partition coefficient (Wildman–Crippen LogP) is 1.79. The second kappa shape index (κ2) is 6.40. The van der Waals surface area contributed by atoms with Crippen molar-refractivity contribution in [2.45, 2.75) is 26.3 Å². The van der Waals surface area contributed by atoms with Crippen molar-refractivity contribution in [2.24, 2.45) is 0 Å². The van der Waals surface area contributed by atoms with Gasteiger partial charge in [0.2, 0.25) is 0 Å². The van der Waals surface area contributed by atoms with E-state index in [1.807, 2.05) is 19.9 Å². The molecule has 0 spiro atoms. The van der Waals surface area contributed by atoms with Gasteiger partial charge in [-0.05, 0) is 25.5 Å². The summed E-state index contributed by atoms with van der Waals surface area (Å²) in [6, 6.07) is 6.97. The van der Waals surface area contributed by atoms with Crippen LogP contribution in [0.1, 0.15) is 25.8 Å². The van der Waals surface area contributed by atoms with Gasteiger partial charge in [0.1, 0.15) is 6.07 Å². The number of amides is 1. The lowest BCUT2D eigenvalue weighted by Crippen LogP contribution is -2.23. The molecule has 6 nitrogen and oxygen atoms in total. The Hall–Kier alpha value is -2.55. The van der Waals surface area contributed by atoms with Crippen molar-refractivity contribution in [3.05, 3.63) is 23.8 Å². The summed E-state index contributed by atoms with van der Waals surface area (Å²) in [5.74, 6) is -2.76. The molecule has 100 valence electrons. The minimum atomic E-state index is -1.59. The van der Waals surface area contributed by atoms with Crippen molar-refractivity contribution in [3.63, 3.8) is 0 Å². The number of anilines is 2. The highest BCUT2D eigenvalue weighted by molar-refractivity contribution is 6.36. The highest BCUT2D eigenvalue weighted by Crippen LogP contribution is 2.24. The van der Waals surface area contributed by atoms with Crippen LogP contribution >= 0.6 is 0 Å². The second-order valence-electron chi connectivity index (χ2n) is 4.05. The van der Waals surface area contributed by atoms with E-state index < -0.39 is 11.9 Å². The summed E-state index contributed by atoms with van der Waals surface area (Å²) < 4.78 is 0. The number of hydrogen-bond acceptors (Lipinski definition) is 4. The molecule has 1 unspecified atom stereocenters. The summed E-state index contributed by atoms with van der Waals surface area (Å²) in [6.07, 6.45) is 0.872. The van der Waals surface area contributed by atoms with Crippen LogP contribution in [0.5, 0.6) is 0 Å². The molecular weight excluding hydrogens is 246 g/mol. The van der Waals surface area contributed by atoms with E-state index in [0.29, 0.717) is 5.69 Å². The first-order valence-corrected chi connectivity index (χ1v) is 5.83. The van der Waals surface area contributed by atoms with Crippen molar-refractivity contribution >= 4 is 23.3 Å². The molecule has 0 radical (unpaired) electrons. The Morgan fingerprint density at radius 1 is 1.42 bits per heavy atom. The number of carboxylic acid groups (broad SMARTS) is 1. The molecule has 1 amide bonds. The van der Waals surface area contributed by atoms with Crippen molar-refractivity contribution in [1.29, 1.82) is 5.26 Å². The Balaban J connectivity index is 3.07. The molecule has 0 bridgehead atoms. The maximum atomic E-state index is 11.1. The van der Waals surface area contributed by atoms with Gasteiger partial charge < -0.3 is 15.7 Å². The van der Waals surface area contributed by atoms with Crippen molar-refractivity contribution in [1.82, 2.24) is 0 Å². The number of carbonyl (C=O) groups is 2. The summed E-state index contributed by atoms with van der Waals surface area (Å²) in [4.78, 5) is 21.6. The van der Waals surface area contributed by atoms with Gasteiger partial charge in [-0.1, -0.05) is 13.0 Å². The molecule has 1 atom stereocenters. The number of carbonyl (C=O) groups excluding carboxylic acids is 1. The zero-order valence-corrected chi connectivity index (χ0v) is 10.7. The number of carboxylic acids is 1. The molecule has 0 saturated heterocycles. The molecule has 0 aliphatic heterocycles. The average molecular weight is 261 g/mol. The number of rotatable bonds is 4. The monoisotopic (exact) mass is 261 g/mol. The molecule has 19 heavy (non-hydrogen) atoms. The Labute approximate surface area is 111 Å². The van der Waals surface area contributed by atoms with Crippen LogP contribution in [0.3, 0.4) is 0 Å². The van der Waals surface area contributed by atoms with E-state index in [9.17, 15) is 9.59 Å². The lowest BCUT2D eigenvalue weighted by atomic mass is 10.1. The fourth-order valence-corrected chi connectivity index (χ4v) is 1.44. The number of hydrogen-bond donors (Lipinski definition) is 3. The van der Waals surface area contributed by atoms with Crippen LogP contribution in [-0.2, 0) is 9.59 Å². The van der Waals surface area contributed by atoms with Gasteiger partial charge >= 0.3 is 11.9 Å². The van der Waals surface area contributed by atoms with Gasteiger partial charge in [0, 0.05) is 6.04 Å². The molecule has 1 aromatic carbocycles. The summed E-state index contributed by atoms with van der Waals surface area (Å²) in [5.41, 5.74) is 0.973. The van der Waals surface area contributed by atoms with Gasteiger partial charge in [-0.3, -0.25) is 4.79 Å². The smallest absolute Gasteiger partial charge is 0.394 e. The van der Waals surface area contributed by atoms with Crippen LogP contribution < -0.4 is 10.6 Å². The Morgan fingerprint density at radius 2 is 2.05 bits per heavy atom. The number of aliphatic carboxylic acids is 1. The Bertz CT molecular complexity index is 534. The van der Waals surface area contributed by atoms with Gasteiger partial charge in [-0.2, -0.15) is 5.26 Å². The van der Waals surface area contributed by atoms with E-state index in [2.05, 4.69) is 10.6 Å². The molecule has 0 aliphatic carbocycles. The van der Waals surface area contributed by atoms with Gasteiger partial charge in [-0.15, -0.1) is 0 Å². The maximum Gasteiger partial charge on any atom is 0.394 e. The molecule has 6 heteroatoms. The number of nitriles is 1. The van der Waals surface area contributed by atoms with Gasteiger partial charge in [-0.25, -0.2) is 4.79 Å². The average Bonchev–Trinajstić information content (AvgIpc) is 2.38. The van der Waals surface area contributed by atoms with Crippen LogP contribution in [0.25, 0.3) is 0 Å². The van der Waals surface area contributed by atoms with E-state index >= 15 is 0 Å². The van der Waals surface area contributed by atoms with E-state index in [1.54, 1.807) is 12.1 Å².